The largest absolute Gasteiger partial charge is 0.248 e. The SMILES string of the molecule is Brc1ccc2c(Br)ncc(Br)c2c1. The van der Waals surface area contributed by atoms with Crippen LogP contribution in [0.25, 0.3) is 10.8 Å². The molecule has 66 valence electrons. The molecule has 1 aromatic heterocycles. The van der Waals surface area contributed by atoms with Crippen molar-refractivity contribution < 1.29 is 0 Å². The molecule has 0 saturated heterocycles. The van der Waals surface area contributed by atoms with Crippen molar-refractivity contribution in [3.05, 3.63) is 37.9 Å². The fourth-order valence-corrected chi connectivity index (χ4v) is 2.39. The Morgan fingerprint density at radius 2 is 1.77 bits per heavy atom. The number of benzene rings is 1. The van der Waals surface area contributed by atoms with Crippen molar-refractivity contribution in [2.24, 2.45) is 0 Å². The highest BCUT2D eigenvalue weighted by Gasteiger charge is 2.03. The van der Waals surface area contributed by atoms with Gasteiger partial charge >= 0.3 is 0 Å². The average molecular weight is 366 g/mol. The molecular formula is C9H4Br3N. The fourth-order valence-electron chi connectivity index (χ4n) is 1.15. The maximum Gasteiger partial charge on any atom is 0.113 e. The molecule has 0 spiro atoms. The van der Waals surface area contributed by atoms with E-state index in [0.29, 0.717) is 0 Å². The Morgan fingerprint density at radius 3 is 2.54 bits per heavy atom. The second kappa shape index (κ2) is 3.67. The first-order valence-corrected chi connectivity index (χ1v) is 5.95. The van der Waals surface area contributed by atoms with Crippen molar-refractivity contribution >= 4 is 58.6 Å². The second-order valence-corrected chi connectivity index (χ2v) is 5.11. The molecule has 0 saturated carbocycles. The van der Waals surface area contributed by atoms with Crippen molar-refractivity contribution in [2.45, 2.75) is 0 Å². The van der Waals surface area contributed by atoms with E-state index in [1.165, 1.54) is 0 Å². The lowest BCUT2D eigenvalue weighted by Gasteiger charge is -2.02. The quantitative estimate of drug-likeness (QED) is 0.625. The van der Waals surface area contributed by atoms with Crippen LogP contribution in [-0.4, -0.2) is 4.98 Å². The first-order chi connectivity index (χ1) is 6.18. The highest BCUT2D eigenvalue weighted by Crippen LogP contribution is 2.30. The number of halogens is 3. The Labute approximate surface area is 101 Å². The van der Waals surface area contributed by atoms with Crippen LogP contribution < -0.4 is 0 Å². The molecule has 0 radical (unpaired) electrons. The van der Waals surface area contributed by atoms with E-state index in [1.54, 1.807) is 6.20 Å². The number of pyridine rings is 1. The van der Waals surface area contributed by atoms with E-state index in [4.69, 9.17) is 0 Å². The van der Waals surface area contributed by atoms with E-state index >= 15 is 0 Å². The number of hydrogen-bond donors (Lipinski definition) is 0. The molecule has 1 nitrogen and oxygen atoms in total. The Bertz CT molecular complexity index is 468. The van der Waals surface area contributed by atoms with E-state index in [0.717, 1.165) is 24.3 Å². The van der Waals surface area contributed by atoms with Gasteiger partial charge in [0, 0.05) is 25.9 Å². The van der Waals surface area contributed by atoms with Gasteiger partial charge in [-0.2, -0.15) is 0 Å². The summed E-state index contributed by atoms with van der Waals surface area (Å²) in [6, 6.07) is 6.09. The van der Waals surface area contributed by atoms with E-state index in [9.17, 15) is 0 Å². The molecule has 0 fully saturated rings. The van der Waals surface area contributed by atoms with Gasteiger partial charge in [0.25, 0.3) is 0 Å². The second-order valence-electron chi connectivity index (χ2n) is 2.59. The Hall–Kier alpha value is 0.0700. The number of hydrogen-bond acceptors (Lipinski definition) is 1. The predicted molar refractivity (Wildman–Crippen MR) is 64.8 cm³/mol. The first kappa shape index (κ1) is 9.62. The van der Waals surface area contributed by atoms with Crippen LogP contribution in [-0.2, 0) is 0 Å². The van der Waals surface area contributed by atoms with Crippen molar-refractivity contribution in [1.29, 1.82) is 0 Å². The summed E-state index contributed by atoms with van der Waals surface area (Å²) in [6.07, 6.45) is 1.79. The Balaban J connectivity index is 2.92. The van der Waals surface area contributed by atoms with Gasteiger partial charge in [-0.25, -0.2) is 4.98 Å². The molecule has 0 unspecified atom stereocenters. The molecule has 0 aliphatic carbocycles. The van der Waals surface area contributed by atoms with Gasteiger partial charge in [0.15, 0.2) is 0 Å². The van der Waals surface area contributed by atoms with Gasteiger partial charge in [0.05, 0.1) is 0 Å². The molecular weight excluding hydrogens is 362 g/mol. The molecule has 4 heteroatoms. The van der Waals surface area contributed by atoms with Crippen LogP contribution in [0, 0.1) is 0 Å². The molecule has 0 aliphatic heterocycles. The number of fused-ring (bicyclic) bond motifs is 1. The first-order valence-electron chi connectivity index (χ1n) is 3.58. The molecule has 0 N–H and O–H groups in total. The third-order valence-electron chi connectivity index (χ3n) is 1.75. The maximum atomic E-state index is 4.19. The van der Waals surface area contributed by atoms with Gasteiger partial charge in [0.1, 0.15) is 4.60 Å². The van der Waals surface area contributed by atoms with E-state index in [1.807, 2.05) is 12.1 Å². The minimum absolute atomic E-state index is 0.873. The number of rotatable bonds is 0. The van der Waals surface area contributed by atoms with E-state index in [2.05, 4.69) is 58.8 Å². The average Bonchev–Trinajstić information content (AvgIpc) is 2.12. The molecule has 2 rings (SSSR count). The Kier molecular flexibility index (Phi) is 2.72. The van der Waals surface area contributed by atoms with Gasteiger partial charge < -0.3 is 0 Å². The lowest BCUT2D eigenvalue weighted by Crippen LogP contribution is -1.81. The van der Waals surface area contributed by atoms with Crippen molar-refractivity contribution in [2.75, 3.05) is 0 Å². The summed E-state index contributed by atoms with van der Waals surface area (Å²) in [7, 11) is 0. The number of aromatic nitrogens is 1. The lowest BCUT2D eigenvalue weighted by atomic mass is 10.2. The van der Waals surface area contributed by atoms with Gasteiger partial charge in [0.2, 0.25) is 0 Å². The third-order valence-corrected chi connectivity index (χ3v) is 3.51. The van der Waals surface area contributed by atoms with Crippen LogP contribution in [0.1, 0.15) is 0 Å². The van der Waals surface area contributed by atoms with Crippen molar-refractivity contribution in [1.82, 2.24) is 4.98 Å². The van der Waals surface area contributed by atoms with E-state index in [-0.39, 0.29) is 0 Å². The van der Waals surface area contributed by atoms with Gasteiger partial charge in [-0.1, -0.05) is 22.0 Å². The molecule has 2 aromatic rings. The zero-order chi connectivity index (χ0) is 9.42. The maximum absolute atomic E-state index is 4.19. The van der Waals surface area contributed by atoms with Gasteiger partial charge in [-0.3, -0.25) is 0 Å². The summed E-state index contributed by atoms with van der Waals surface area (Å²) in [6.45, 7) is 0. The van der Waals surface area contributed by atoms with Crippen LogP contribution in [0.5, 0.6) is 0 Å². The van der Waals surface area contributed by atoms with E-state index < -0.39 is 0 Å². The highest BCUT2D eigenvalue weighted by molar-refractivity contribution is 9.11. The molecule has 0 bridgehead atoms. The summed E-state index contributed by atoms with van der Waals surface area (Å²) in [4.78, 5) is 4.19. The van der Waals surface area contributed by atoms with Crippen LogP contribution in [0.15, 0.2) is 37.9 Å². The summed E-state index contributed by atoms with van der Waals surface area (Å²) >= 11 is 10.3. The standard InChI is InChI=1S/C9H4Br3N/c10-5-1-2-6-7(3-5)8(11)4-13-9(6)12/h1-4H. The molecule has 1 heterocycles. The third kappa shape index (κ3) is 1.80. The normalized spacial score (nSPS) is 10.7. The lowest BCUT2D eigenvalue weighted by molar-refractivity contribution is 1.30. The summed E-state index contributed by atoms with van der Waals surface area (Å²) in [5.41, 5.74) is 0. The summed E-state index contributed by atoms with van der Waals surface area (Å²) < 4.78 is 2.95. The van der Waals surface area contributed by atoms with Crippen molar-refractivity contribution in [3.63, 3.8) is 0 Å². The van der Waals surface area contributed by atoms with Crippen LogP contribution >= 0.6 is 47.8 Å². The minimum Gasteiger partial charge on any atom is -0.248 e. The fraction of sp³-hybridized carbons (Fsp3) is 0. The molecule has 1 aromatic carbocycles. The van der Waals surface area contributed by atoms with Crippen molar-refractivity contribution in [3.8, 4) is 0 Å². The van der Waals surface area contributed by atoms with Crippen LogP contribution in [0.4, 0.5) is 0 Å². The molecule has 13 heavy (non-hydrogen) atoms. The van der Waals surface area contributed by atoms with Crippen LogP contribution in [0.2, 0.25) is 0 Å². The number of nitrogens with zero attached hydrogens (tertiary/aromatic N) is 1. The minimum atomic E-state index is 0.873. The summed E-state index contributed by atoms with van der Waals surface area (Å²) in [5.74, 6) is 0. The molecule has 0 atom stereocenters. The smallest absolute Gasteiger partial charge is 0.113 e. The molecule has 0 amide bonds. The predicted octanol–water partition coefficient (Wildman–Crippen LogP) is 4.52. The topological polar surface area (TPSA) is 12.9 Å². The van der Waals surface area contributed by atoms with Gasteiger partial charge in [-0.15, -0.1) is 0 Å². The summed E-state index contributed by atoms with van der Waals surface area (Å²) in [5, 5.41) is 2.26. The zero-order valence-electron chi connectivity index (χ0n) is 6.39. The van der Waals surface area contributed by atoms with Gasteiger partial charge in [-0.05, 0) is 44.0 Å². The Morgan fingerprint density at radius 1 is 1.00 bits per heavy atom. The van der Waals surface area contributed by atoms with Crippen LogP contribution in [0.3, 0.4) is 0 Å². The highest BCUT2D eigenvalue weighted by atomic mass is 79.9. The monoisotopic (exact) mass is 363 g/mol. The zero-order valence-corrected chi connectivity index (χ0v) is 11.1. The molecule has 0 aliphatic rings.